The van der Waals surface area contributed by atoms with Crippen LogP contribution in [0.25, 0.3) is 0 Å². The molecule has 0 unspecified atom stereocenters. The van der Waals surface area contributed by atoms with Gasteiger partial charge in [0.25, 0.3) is 0 Å². The number of phenols is 1. The standard InChI is InChI=1S/C8H10N4OS/c9-11-8(14)12-10-5-6-2-1-3-7(13)4-6/h1-5,13H,9H2,(H2,11,12,14). The molecule has 0 spiro atoms. The van der Waals surface area contributed by atoms with Gasteiger partial charge in [0, 0.05) is 0 Å². The zero-order valence-corrected chi connectivity index (χ0v) is 8.08. The Bertz CT molecular complexity index is 353. The summed E-state index contributed by atoms with van der Waals surface area (Å²) in [5.74, 6) is 5.20. The van der Waals surface area contributed by atoms with Crippen molar-refractivity contribution in [1.29, 1.82) is 0 Å². The van der Waals surface area contributed by atoms with Crippen molar-refractivity contribution < 1.29 is 5.11 Å². The van der Waals surface area contributed by atoms with Crippen molar-refractivity contribution in [2.75, 3.05) is 0 Å². The molecule has 74 valence electrons. The molecule has 0 bridgehead atoms. The predicted molar refractivity (Wildman–Crippen MR) is 58.8 cm³/mol. The van der Waals surface area contributed by atoms with Gasteiger partial charge in [0.2, 0.25) is 5.11 Å². The van der Waals surface area contributed by atoms with Crippen molar-refractivity contribution in [3.05, 3.63) is 29.8 Å². The molecule has 1 rings (SSSR count). The number of nitrogens with one attached hydrogen (secondary N) is 2. The van der Waals surface area contributed by atoms with E-state index in [1.165, 1.54) is 6.21 Å². The Hall–Kier alpha value is -1.66. The minimum Gasteiger partial charge on any atom is -0.508 e. The Kier molecular flexibility index (Phi) is 3.84. The molecule has 0 aliphatic heterocycles. The Morgan fingerprint density at radius 2 is 2.36 bits per heavy atom. The minimum absolute atomic E-state index is 0.188. The highest BCUT2D eigenvalue weighted by Gasteiger charge is 1.90. The van der Waals surface area contributed by atoms with Crippen molar-refractivity contribution >= 4 is 23.5 Å². The van der Waals surface area contributed by atoms with Crippen molar-refractivity contribution in [1.82, 2.24) is 10.9 Å². The lowest BCUT2D eigenvalue weighted by molar-refractivity contribution is 0.475. The summed E-state index contributed by atoms with van der Waals surface area (Å²) in [5.41, 5.74) is 5.46. The molecule has 0 fully saturated rings. The van der Waals surface area contributed by atoms with Crippen molar-refractivity contribution in [3.8, 4) is 5.75 Å². The maximum absolute atomic E-state index is 9.13. The quantitative estimate of drug-likeness (QED) is 0.240. The number of rotatable bonds is 2. The van der Waals surface area contributed by atoms with Gasteiger partial charge in [-0.3, -0.25) is 10.9 Å². The molecule has 5 nitrogen and oxygen atoms in total. The lowest BCUT2D eigenvalue weighted by Gasteiger charge is -1.99. The van der Waals surface area contributed by atoms with Crippen LogP contribution in [0, 0.1) is 0 Å². The first-order valence-corrected chi connectivity index (χ1v) is 4.22. The van der Waals surface area contributed by atoms with E-state index in [0.717, 1.165) is 5.56 Å². The Morgan fingerprint density at radius 1 is 1.57 bits per heavy atom. The summed E-state index contributed by atoms with van der Waals surface area (Å²) in [6, 6.07) is 6.67. The molecule has 14 heavy (non-hydrogen) atoms. The molecule has 1 aromatic carbocycles. The van der Waals surface area contributed by atoms with Gasteiger partial charge in [-0.2, -0.15) is 5.10 Å². The minimum atomic E-state index is 0.188. The van der Waals surface area contributed by atoms with Gasteiger partial charge < -0.3 is 5.11 Å². The average molecular weight is 210 g/mol. The molecular weight excluding hydrogens is 200 g/mol. The van der Waals surface area contributed by atoms with Crippen molar-refractivity contribution in [2.45, 2.75) is 0 Å². The first kappa shape index (κ1) is 10.4. The summed E-state index contributed by atoms with van der Waals surface area (Å²) in [4.78, 5) is 0. The molecule has 0 radical (unpaired) electrons. The van der Waals surface area contributed by atoms with Crippen LogP contribution in [-0.4, -0.2) is 16.4 Å². The molecule has 0 aromatic heterocycles. The molecule has 0 amide bonds. The fraction of sp³-hybridized carbons (Fsp3) is 0. The van der Waals surface area contributed by atoms with Gasteiger partial charge in [-0.15, -0.1) is 0 Å². The van der Waals surface area contributed by atoms with Crippen LogP contribution in [0.15, 0.2) is 29.4 Å². The van der Waals surface area contributed by atoms with Gasteiger partial charge in [0.15, 0.2) is 0 Å². The van der Waals surface area contributed by atoms with Crippen LogP contribution >= 0.6 is 12.2 Å². The molecule has 6 heteroatoms. The van der Waals surface area contributed by atoms with Crippen LogP contribution in [0.1, 0.15) is 5.56 Å². The fourth-order valence-electron chi connectivity index (χ4n) is 0.803. The predicted octanol–water partition coefficient (Wildman–Crippen LogP) is 0.0639. The Morgan fingerprint density at radius 3 is 3.00 bits per heavy atom. The highest BCUT2D eigenvalue weighted by Crippen LogP contribution is 2.08. The first-order valence-electron chi connectivity index (χ1n) is 3.81. The number of hydrogen-bond donors (Lipinski definition) is 4. The lowest BCUT2D eigenvalue weighted by Crippen LogP contribution is -2.37. The van der Waals surface area contributed by atoms with Crippen LogP contribution in [0.4, 0.5) is 0 Å². The number of thiocarbonyl (C=S) groups is 1. The number of phenolic OH excluding ortho intramolecular Hbond substituents is 1. The molecule has 0 saturated carbocycles. The van der Waals surface area contributed by atoms with Gasteiger partial charge in [-0.25, -0.2) is 5.84 Å². The molecular formula is C8H10N4OS. The van der Waals surface area contributed by atoms with Gasteiger partial charge in [-0.1, -0.05) is 12.1 Å². The number of hydrazone groups is 1. The Balaban J connectivity index is 2.56. The highest BCUT2D eigenvalue weighted by atomic mass is 32.1. The van der Waals surface area contributed by atoms with Crippen molar-refractivity contribution in [3.63, 3.8) is 0 Å². The van der Waals surface area contributed by atoms with Gasteiger partial charge >= 0.3 is 0 Å². The van der Waals surface area contributed by atoms with E-state index in [-0.39, 0.29) is 10.9 Å². The second kappa shape index (κ2) is 5.15. The monoisotopic (exact) mass is 210 g/mol. The summed E-state index contributed by atoms with van der Waals surface area (Å²) in [7, 11) is 0. The number of nitrogens with zero attached hydrogens (tertiary/aromatic N) is 1. The fourth-order valence-corrected chi connectivity index (χ4v) is 0.856. The molecule has 0 aliphatic rings. The zero-order chi connectivity index (χ0) is 10.4. The molecule has 1 aromatic rings. The Labute approximate surface area is 86.6 Å². The van der Waals surface area contributed by atoms with E-state index in [2.05, 4.69) is 28.2 Å². The van der Waals surface area contributed by atoms with Crippen LogP contribution < -0.4 is 16.7 Å². The van der Waals surface area contributed by atoms with Gasteiger partial charge in [0.1, 0.15) is 5.75 Å². The van der Waals surface area contributed by atoms with Crippen molar-refractivity contribution in [2.24, 2.45) is 10.9 Å². The third-order valence-electron chi connectivity index (χ3n) is 1.38. The third kappa shape index (κ3) is 3.38. The number of hydrogen-bond acceptors (Lipinski definition) is 4. The average Bonchev–Trinajstić information content (AvgIpc) is 2.17. The maximum Gasteiger partial charge on any atom is 0.201 e. The van der Waals surface area contributed by atoms with Gasteiger partial charge in [0.05, 0.1) is 6.21 Å². The highest BCUT2D eigenvalue weighted by molar-refractivity contribution is 7.80. The van der Waals surface area contributed by atoms with Crippen LogP contribution in [-0.2, 0) is 0 Å². The topological polar surface area (TPSA) is 82.7 Å². The first-order chi connectivity index (χ1) is 6.72. The SMILES string of the molecule is NNC(=S)NN=Cc1cccc(O)c1. The van der Waals surface area contributed by atoms with Crippen LogP contribution in [0.3, 0.4) is 0 Å². The van der Waals surface area contributed by atoms with Gasteiger partial charge in [-0.05, 0) is 29.9 Å². The second-order valence-corrected chi connectivity index (χ2v) is 2.85. The zero-order valence-electron chi connectivity index (χ0n) is 7.27. The molecule has 0 aliphatic carbocycles. The number of aromatic hydroxyl groups is 1. The molecule has 5 N–H and O–H groups in total. The summed E-state index contributed by atoms with van der Waals surface area (Å²) in [6.45, 7) is 0. The second-order valence-electron chi connectivity index (χ2n) is 2.44. The van der Waals surface area contributed by atoms with E-state index < -0.39 is 0 Å². The molecule has 0 atom stereocenters. The number of nitrogens with two attached hydrogens (primary N) is 1. The van der Waals surface area contributed by atoms with E-state index in [1.807, 2.05) is 0 Å². The lowest BCUT2D eigenvalue weighted by atomic mass is 10.2. The van der Waals surface area contributed by atoms with E-state index in [4.69, 9.17) is 10.9 Å². The summed E-state index contributed by atoms with van der Waals surface area (Å²) < 4.78 is 0. The normalized spacial score (nSPS) is 10.1. The smallest absolute Gasteiger partial charge is 0.201 e. The summed E-state index contributed by atoms with van der Waals surface area (Å²) in [6.07, 6.45) is 1.52. The molecule has 0 heterocycles. The number of hydrazine groups is 1. The third-order valence-corrected chi connectivity index (χ3v) is 1.59. The van der Waals surface area contributed by atoms with Crippen LogP contribution in [0.2, 0.25) is 0 Å². The maximum atomic E-state index is 9.13. The molecule has 0 saturated heterocycles. The number of benzene rings is 1. The summed E-state index contributed by atoms with van der Waals surface area (Å²) in [5, 5.41) is 13.1. The van der Waals surface area contributed by atoms with E-state index in [9.17, 15) is 0 Å². The summed E-state index contributed by atoms with van der Waals surface area (Å²) >= 11 is 4.69. The van der Waals surface area contributed by atoms with E-state index in [0.29, 0.717) is 0 Å². The van der Waals surface area contributed by atoms with E-state index >= 15 is 0 Å². The largest absolute Gasteiger partial charge is 0.508 e. The van der Waals surface area contributed by atoms with E-state index in [1.54, 1.807) is 24.3 Å². The van der Waals surface area contributed by atoms with Crippen LogP contribution in [0.5, 0.6) is 5.75 Å².